The van der Waals surface area contributed by atoms with Gasteiger partial charge in [-0.15, -0.1) is 0 Å². The highest BCUT2D eigenvalue weighted by atomic mass is 16.5. The quantitative estimate of drug-likeness (QED) is 0.495. The molecule has 25 heavy (non-hydrogen) atoms. The summed E-state index contributed by atoms with van der Waals surface area (Å²) in [7, 11) is 0. The van der Waals surface area contributed by atoms with E-state index in [4.69, 9.17) is 9.47 Å². The minimum absolute atomic E-state index is 0.132. The van der Waals surface area contributed by atoms with Crippen LogP contribution in [-0.4, -0.2) is 50.0 Å². The zero-order chi connectivity index (χ0) is 18.3. The summed E-state index contributed by atoms with van der Waals surface area (Å²) in [5.41, 5.74) is 0.978. The van der Waals surface area contributed by atoms with Crippen molar-refractivity contribution in [3.05, 3.63) is 29.8 Å². The fraction of sp³-hybridized carbons (Fsp3) is 0.632. The summed E-state index contributed by atoms with van der Waals surface area (Å²) in [4.78, 5) is 4.60. The number of aliphatic hydroxyl groups excluding tert-OH is 1. The topological polar surface area (TPSA) is 75.1 Å². The van der Waals surface area contributed by atoms with E-state index in [1.54, 1.807) is 0 Å². The molecule has 3 N–H and O–H groups in total. The Bertz CT molecular complexity index is 554. The average molecular weight is 349 g/mol. The molecule has 0 bridgehead atoms. The standard InChI is InChI=1S/C19H31N3O3/c1-5-20-18(22-11-19(4)12-24-13-19)21-10-17(23)15-6-8-16(9-7-15)25-14(2)3/h6-9,14,17,23H,5,10-13H2,1-4H3,(H2,20,21,22). The number of guanidine groups is 1. The van der Waals surface area contributed by atoms with E-state index in [1.807, 2.05) is 45.0 Å². The second-order valence-electron chi connectivity index (χ2n) is 7.13. The monoisotopic (exact) mass is 349 g/mol. The largest absolute Gasteiger partial charge is 0.491 e. The fourth-order valence-corrected chi connectivity index (χ4v) is 2.51. The number of aliphatic hydroxyl groups is 1. The third-order valence-corrected chi connectivity index (χ3v) is 3.96. The molecule has 6 nitrogen and oxygen atoms in total. The number of ether oxygens (including phenoxy) is 2. The van der Waals surface area contributed by atoms with Gasteiger partial charge in [-0.25, -0.2) is 0 Å². The second-order valence-corrected chi connectivity index (χ2v) is 7.13. The van der Waals surface area contributed by atoms with Crippen molar-refractivity contribution >= 4 is 5.96 Å². The van der Waals surface area contributed by atoms with Crippen molar-refractivity contribution < 1.29 is 14.6 Å². The van der Waals surface area contributed by atoms with Crippen LogP contribution in [0.2, 0.25) is 0 Å². The predicted molar refractivity (Wildman–Crippen MR) is 100 cm³/mol. The molecule has 6 heteroatoms. The van der Waals surface area contributed by atoms with E-state index in [2.05, 4.69) is 22.5 Å². The summed E-state index contributed by atoms with van der Waals surface area (Å²) < 4.78 is 10.9. The maximum absolute atomic E-state index is 10.4. The number of hydrogen-bond acceptors (Lipinski definition) is 4. The summed E-state index contributed by atoms with van der Waals surface area (Å²) in [5, 5.41) is 16.8. The molecule has 1 saturated heterocycles. The molecular weight excluding hydrogens is 318 g/mol. The lowest BCUT2D eigenvalue weighted by molar-refractivity contribution is -0.0945. The van der Waals surface area contributed by atoms with Crippen LogP contribution in [-0.2, 0) is 4.74 Å². The smallest absolute Gasteiger partial charge is 0.191 e. The third kappa shape index (κ3) is 6.21. The third-order valence-electron chi connectivity index (χ3n) is 3.96. The van der Waals surface area contributed by atoms with Crippen molar-refractivity contribution in [2.75, 3.05) is 32.8 Å². The fourth-order valence-electron chi connectivity index (χ4n) is 2.51. The Morgan fingerprint density at radius 1 is 1.28 bits per heavy atom. The van der Waals surface area contributed by atoms with Crippen LogP contribution in [0.3, 0.4) is 0 Å². The van der Waals surface area contributed by atoms with E-state index in [1.165, 1.54) is 0 Å². The summed E-state index contributed by atoms with van der Waals surface area (Å²) in [6.45, 7) is 11.6. The highest BCUT2D eigenvalue weighted by molar-refractivity contribution is 5.79. The Hall–Kier alpha value is -1.79. The summed E-state index contributed by atoms with van der Waals surface area (Å²) >= 11 is 0. The molecule has 0 spiro atoms. The van der Waals surface area contributed by atoms with E-state index in [-0.39, 0.29) is 11.5 Å². The molecule has 1 unspecified atom stereocenters. The van der Waals surface area contributed by atoms with Crippen LogP contribution in [0.15, 0.2) is 29.3 Å². The van der Waals surface area contributed by atoms with Gasteiger partial charge >= 0.3 is 0 Å². The molecule has 0 aliphatic carbocycles. The molecule has 1 atom stereocenters. The first-order valence-electron chi connectivity index (χ1n) is 8.96. The Kier molecular flexibility index (Phi) is 7.08. The lowest BCUT2D eigenvalue weighted by atomic mass is 9.89. The second kappa shape index (κ2) is 9.06. The molecule has 1 aromatic rings. The van der Waals surface area contributed by atoms with Crippen LogP contribution >= 0.6 is 0 Å². The van der Waals surface area contributed by atoms with Gasteiger partial charge in [-0.1, -0.05) is 19.1 Å². The zero-order valence-corrected chi connectivity index (χ0v) is 15.7. The molecule has 2 rings (SSSR count). The van der Waals surface area contributed by atoms with Gasteiger partial charge in [0.2, 0.25) is 0 Å². The minimum Gasteiger partial charge on any atom is -0.491 e. The lowest BCUT2D eigenvalue weighted by Crippen LogP contribution is -2.45. The number of aliphatic imine (C=N–C) groups is 1. The first kappa shape index (κ1) is 19.5. The van der Waals surface area contributed by atoms with Gasteiger partial charge < -0.3 is 25.2 Å². The Morgan fingerprint density at radius 2 is 1.96 bits per heavy atom. The highest BCUT2D eigenvalue weighted by Gasteiger charge is 2.33. The molecule has 140 valence electrons. The van der Waals surface area contributed by atoms with E-state index in [0.717, 1.165) is 37.0 Å². The van der Waals surface area contributed by atoms with Crippen molar-refractivity contribution in [1.82, 2.24) is 10.6 Å². The van der Waals surface area contributed by atoms with Crippen LogP contribution in [0, 0.1) is 5.41 Å². The number of benzene rings is 1. The van der Waals surface area contributed by atoms with Gasteiger partial charge in [0, 0.05) is 18.5 Å². The first-order chi connectivity index (χ1) is 11.9. The number of hydrogen-bond donors (Lipinski definition) is 3. The van der Waals surface area contributed by atoms with Crippen LogP contribution in [0.1, 0.15) is 39.4 Å². The maximum Gasteiger partial charge on any atom is 0.191 e. The van der Waals surface area contributed by atoms with Crippen molar-refractivity contribution in [1.29, 1.82) is 0 Å². The molecule has 1 aromatic carbocycles. The van der Waals surface area contributed by atoms with Gasteiger partial charge in [-0.05, 0) is 38.5 Å². The molecule has 1 aliphatic heterocycles. The minimum atomic E-state index is -0.612. The summed E-state index contributed by atoms with van der Waals surface area (Å²) in [6, 6.07) is 7.55. The predicted octanol–water partition coefficient (Wildman–Crippen LogP) is 2.10. The van der Waals surface area contributed by atoms with Crippen molar-refractivity contribution in [2.24, 2.45) is 10.4 Å². The first-order valence-corrected chi connectivity index (χ1v) is 8.96. The Morgan fingerprint density at radius 3 is 2.48 bits per heavy atom. The zero-order valence-electron chi connectivity index (χ0n) is 15.7. The van der Waals surface area contributed by atoms with Crippen LogP contribution in [0.4, 0.5) is 0 Å². The normalized spacial score (nSPS) is 17.8. The van der Waals surface area contributed by atoms with Crippen LogP contribution in [0.25, 0.3) is 0 Å². The Labute approximate surface area is 150 Å². The SMILES string of the molecule is CCNC(=NCC1(C)COC1)NCC(O)c1ccc(OC(C)C)cc1. The number of nitrogens with one attached hydrogen (secondary N) is 2. The molecule has 1 aliphatic rings. The van der Waals surface area contributed by atoms with Crippen LogP contribution < -0.4 is 15.4 Å². The van der Waals surface area contributed by atoms with Crippen molar-refractivity contribution in [3.63, 3.8) is 0 Å². The molecule has 1 fully saturated rings. The van der Waals surface area contributed by atoms with E-state index < -0.39 is 6.10 Å². The van der Waals surface area contributed by atoms with Gasteiger partial charge in [-0.2, -0.15) is 0 Å². The molecule has 0 radical (unpaired) electrons. The maximum atomic E-state index is 10.4. The van der Waals surface area contributed by atoms with Crippen LogP contribution in [0.5, 0.6) is 5.75 Å². The van der Waals surface area contributed by atoms with Gasteiger partial charge in [0.25, 0.3) is 0 Å². The van der Waals surface area contributed by atoms with E-state index in [0.29, 0.717) is 13.1 Å². The van der Waals surface area contributed by atoms with Gasteiger partial charge in [0.05, 0.1) is 32.0 Å². The highest BCUT2D eigenvalue weighted by Crippen LogP contribution is 2.26. The van der Waals surface area contributed by atoms with E-state index >= 15 is 0 Å². The lowest BCUT2D eigenvalue weighted by Gasteiger charge is -2.36. The molecule has 0 amide bonds. The summed E-state index contributed by atoms with van der Waals surface area (Å²) in [5.74, 6) is 1.53. The molecule has 1 heterocycles. The number of rotatable bonds is 8. The molecular formula is C19H31N3O3. The van der Waals surface area contributed by atoms with Crippen molar-refractivity contribution in [2.45, 2.75) is 39.9 Å². The molecule has 0 aromatic heterocycles. The van der Waals surface area contributed by atoms with Gasteiger partial charge in [0.1, 0.15) is 5.75 Å². The van der Waals surface area contributed by atoms with E-state index in [9.17, 15) is 5.11 Å². The number of nitrogens with zero attached hydrogens (tertiary/aromatic N) is 1. The Balaban J connectivity index is 1.87. The van der Waals surface area contributed by atoms with Crippen molar-refractivity contribution in [3.8, 4) is 5.75 Å². The molecule has 0 saturated carbocycles. The van der Waals surface area contributed by atoms with Gasteiger partial charge in [-0.3, -0.25) is 4.99 Å². The average Bonchev–Trinajstić information content (AvgIpc) is 2.55. The van der Waals surface area contributed by atoms with Gasteiger partial charge in [0.15, 0.2) is 5.96 Å². The summed E-state index contributed by atoms with van der Waals surface area (Å²) in [6.07, 6.45) is -0.473.